The summed E-state index contributed by atoms with van der Waals surface area (Å²) in [7, 11) is 0. The van der Waals surface area contributed by atoms with Crippen LogP contribution in [-0.2, 0) is 44.8 Å². The Hall–Kier alpha value is -1.04. The molecule has 0 amide bonds. The van der Waals surface area contributed by atoms with E-state index in [1.807, 2.05) is 0 Å². The fourth-order valence-corrected chi connectivity index (χ4v) is 9.54. The molecule has 0 saturated carbocycles. The molecule has 2 rings (SSSR count). The van der Waals surface area contributed by atoms with Gasteiger partial charge < -0.3 is 0 Å². The molecule has 0 aliphatic rings. The van der Waals surface area contributed by atoms with Crippen molar-refractivity contribution in [1.82, 2.24) is 0 Å². The predicted molar refractivity (Wildman–Crippen MR) is 70.3 cm³/mol. The molecule has 0 saturated heterocycles. The summed E-state index contributed by atoms with van der Waals surface area (Å²) in [6, 6.07) is 10.6. The van der Waals surface area contributed by atoms with Crippen molar-refractivity contribution in [2.24, 2.45) is 0 Å². The number of rotatable bonds is 4. The van der Waals surface area contributed by atoms with Gasteiger partial charge in [-0.15, -0.1) is 0 Å². The summed E-state index contributed by atoms with van der Waals surface area (Å²) in [5, 5.41) is 0. The van der Waals surface area contributed by atoms with Crippen LogP contribution in [0.3, 0.4) is 0 Å². The molecule has 2 aromatic rings. The third-order valence-electron chi connectivity index (χ3n) is 3.54. The molecule has 0 nitrogen and oxygen atoms in total. The zero-order valence-electron chi connectivity index (χ0n) is 12.0. The molecule has 0 fully saturated rings. The molecule has 0 heterocycles. The van der Waals surface area contributed by atoms with Crippen LogP contribution < -0.4 is 0 Å². The Labute approximate surface area is 141 Å². The van der Waals surface area contributed by atoms with Gasteiger partial charge in [0.25, 0.3) is 0 Å². The molecule has 0 N–H and O–H groups in total. The molecule has 23 heavy (non-hydrogen) atoms. The minimum atomic E-state index is -4.42. The molecule has 0 spiro atoms. The Balaban J connectivity index is 2.11. The van der Waals surface area contributed by atoms with Crippen LogP contribution in [0.5, 0.6) is 0 Å². The molecule has 0 aliphatic carbocycles. The second kappa shape index (κ2) is 7.24. The summed E-state index contributed by atoms with van der Waals surface area (Å²) in [4.78, 5) is 0. The third kappa shape index (κ3) is 4.96. The average Bonchev–Trinajstić information content (AvgIpc) is 2.46. The number of alkyl halides is 6. The van der Waals surface area contributed by atoms with Crippen LogP contribution in [-0.4, -0.2) is 0 Å². The van der Waals surface area contributed by atoms with Crippen LogP contribution in [0.25, 0.3) is 0 Å². The predicted octanol–water partition coefficient (Wildman–Crippen LogP) is 5.51. The van der Waals surface area contributed by atoms with E-state index in [0.717, 1.165) is 12.1 Å². The molecule has 0 unspecified atom stereocenters. The Morgan fingerprint density at radius 1 is 0.609 bits per heavy atom. The molecular formula is C16H12F6Hg. The number of hydrogen-bond acceptors (Lipinski definition) is 0. The fourth-order valence-electron chi connectivity index (χ4n) is 2.50. The Kier molecular flexibility index (Phi) is 5.76. The topological polar surface area (TPSA) is 0 Å². The summed E-state index contributed by atoms with van der Waals surface area (Å²) >= 11 is -1.96. The zero-order valence-corrected chi connectivity index (χ0v) is 17.5. The first kappa shape index (κ1) is 18.3. The summed E-state index contributed by atoms with van der Waals surface area (Å²) in [6.07, 6.45) is -8.84. The van der Waals surface area contributed by atoms with Crippen molar-refractivity contribution in [3.63, 3.8) is 0 Å². The Bertz CT molecular complexity index is 603. The molecule has 2 aromatic carbocycles. The van der Waals surface area contributed by atoms with Crippen molar-refractivity contribution in [2.45, 2.75) is 20.2 Å². The minimum absolute atomic E-state index is 0.200. The number of benzene rings is 2. The van der Waals surface area contributed by atoms with Crippen molar-refractivity contribution in [1.29, 1.82) is 0 Å². The quantitative estimate of drug-likeness (QED) is 0.370. The monoisotopic (exact) mass is 520 g/mol. The van der Waals surface area contributed by atoms with Gasteiger partial charge in [0.15, 0.2) is 0 Å². The van der Waals surface area contributed by atoms with Gasteiger partial charge in [-0.2, -0.15) is 0 Å². The van der Waals surface area contributed by atoms with Gasteiger partial charge in [-0.05, 0) is 0 Å². The molecule has 120 valence electrons. The number of halogens is 6. The molecule has 7 heteroatoms. The van der Waals surface area contributed by atoms with Gasteiger partial charge in [0.2, 0.25) is 0 Å². The van der Waals surface area contributed by atoms with E-state index in [9.17, 15) is 26.3 Å². The van der Waals surface area contributed by atoms with Gasteiger partial charge in [0.1, 0.15) is 0 Å². The summed E-state index contributed by atoms with van der Waals surface area (Å²) < 4.78 is 78.0. The average molecular weight is 519 g/mol. The van der Waals surface area contributed by atoms with E-state index in [2.05, 4.69) is 0 Å². The van der Waals surface area contributed by atoms with Gasteiger partial charge >= 0.3 is 142 Å². The second-order valence-corrected chi connectivity index (χ2v) is 11.8. The van der Waals surface area contributed by atoms with Crippen molar-refractivity contribution in [2.75, 3.05) is 0 Å². The van der Waals surface area contributed by atoms with E-state index in [0.29, 0.717) is 7.86 Å². The van der Waals surface area contributed by atoms with E-state index in [1.165, 1.54) is 36.4 Å². The van der Waals surface area contributed by atoms with Crippen LogP contribution in [0, 0.1) is 0 Å². The van der Waals surface area contributed by atoms with Crippen molar-refractivity contribution >= 4 is 0 Å². The third-order valence-corrected chi connectivity index (χ3v) is 10.5. The Morgan fingerprint density at radius 3 is 1.30 bits per heavy atom. The summed E-state index contributed by atoms with van der Waals surface area (Å²) in [6.45, 7) is 0. The van der Waals surface area contributed by atoms with Gasteiger partial charge in [0.05, 0.1) is 0 Å². The molecule has 0 aromatic heterocycles. The first-order chi connectivity index (χ1) is 10.7. The van der Waals surface area contributed by atoms with Gasteiger partial charge in [-0.1, -0.05) is 0 Å². The zero-order chi connectivity index (χ0) is 17.1. The van der Waals surface area contributed by atoms with E-state index in [4.69, 9.17) is 0 Å². The SMILES string of the molecule is FC(F)(F)c1ccccc1[CH2][Hg][CH2]c1ccccc1C(F)(F)F. The summed E-state index contributed by atoms with van der Waals surface area (Å²) in [5.74, 6) is 0. The van der Waals surface area contributed by atoms with E-state index < -0.39 is 48.1 Å². The van der Waals surface area contributed by atoms with Crippen LogP contribution in [0.2, 0.25) is 0 Å². The normalized spacial score (nSPS) is 12.1. The van der Waals surface area contributed by atoms with Gasteiger partial charge in [-0.25, -0.2) is 0 Å². The van der Waals surface area contributed by atoms with Crippen molar-refractivity contribution in [3.05, 3.63) is 70.8 Å². The fraction of sp³-hybridized carbons (Fsp3) is 0.250. The number of hydrogen-bond donors (Lipinski definition) is 0. The van der Waals surface area contributed by atoms with E-state index in [1.54, 1.807) is 0 Å². The maximum atomic E-state index is 12.9. The molecule has 0 atom stereocenters. The van der Waals surface area contributed by atoms with Crippen molar-refractivity contribution < 1.29 is 50.9 Å². The molecule has 0 aliphatic heterocycles. The van der Waals surface area contributed by atoms with Crippen LogP contribution >= 0.6 is 0 Å². The van der Waals surface area contributed by atoms with Crippen LogP contribution in [0.1, 0.15) is 22.3 Å². The van der Waals surface area contributed by atoms with Crippen LogP contribution in [0.15, 0.2) is 48.5 Å². The first-order valence-electron chi connectivity index (χ1n) is 7.00. The molecule has 0 bridgehead atoms. The van der Waals surface area contributed by atoms with E-state index in [-0.39, 0.29) is 11.1 Å². The van der Waals surface area contributed by atoms with Crippen LogP contribution in [0.4, 0.5) is 26.3 Å². The van der Waals surface area contributed by atoms with E-state index >= 15 is 0 Å². The molecule has 0 radical (unpaired) electrons. The van der Waals surface area contributed by atoms with Gasteiger partial charge in [0, 0.05) is 0 Å². The standard InChI is InChI=1S/2C8H6F3.Hg/c2*1-6-4-2-3-5-7(6)8(9,10)11;/h2*2-5H,1H2;. The second-order valence-electron chi connectivity index (χ2n) is 5.16. The van der Waals surface area contributed by atoms with Crippen molar-refractivity contribution in [3.8, 4) is 0 Å². The maximum absolute atomic E-state index is 12.9. The van der Waals surface area contributed by atoms with Gasteiger partial charge in [-0.3, -0.25) is 0 Å². The molecular weight excluding hydrogens is 507 g/mol. The first-order valence-corrected chi connectivity index (χ1v) is 14.8. The summed E-state index contributed by atoms with van der Waals surface area (Å²) in [5.41, 5.74) is -0.953. The Morgan fingerprint density at radius 2 is 0.957 bits per heavy atom.